The topological polar surface area (TPSA) is 83.5 Å². The van der Waals surface area contributed by atoms with Gasteiger partial charge >= 0.3 is 0 Å². The Kier molecular flexibility index (Phi) is 7.17. The molecule has 0 saturated carbocycles. The molecule has 0 saturated heterocycles. The maximum Gasteiger partial charge on any atom is 0.0393 e. The quantitative estimate of drug-likeness (QED) is 0.493. The molecule has 0 bridgehead atoms. The summed E-state index contributed by atoms with van der Waals surface area (Å²) in [6.45, 7) is 0. The lowest BCUT2D eigenvalue weighted by Crippen LogP contribution is -1.88. The van der Waals surface area contributed by atoms with Crippen LogP contribution < -0.4 is 11.5 Å². The van der Waals surface area contributed by atoms with Gasteiger partial charge in [-0.3, -0.25) is 0 Å². The third-order valence-corrected chi connectivity index (χ3v) is 4.09. The molecule has 0 aliphatic carbocycles. The normalized spacial score (nSPS) is 9.48. The fraction of sp³-hybridized carbons (Fsp3) is 0. The molecule has 0 atom stereocenters. The second-order valence-electron chi connectivity index (χ2n) is 5.91. The van der Waals surface area contributed by atoms with Crippen molar-refractivity contribution < 1.29 is 5.48 Å². The predicted molar refractivity (Wildman–Crippen MR) is 116 cm³/mol. The van der Waals surface area contributed by atoms with Crippen molar-refractivity contribution in [1.82, 2.24) is 0 Å². The van der Waals surface area contributed by atoms with Gasteiger partial charge in [-0.2, -0.15) is 0 Å². The van der Waals surface area contributed by atoms with Crippen molar-refractivity contribution in [3.8, 4) is 22.3 Å². The standard InChI is InChI=1S/2C12H11N.H2O/c2*13-12-9-5-4-8-11(12)10-6-2-1-3-7-10;/h2*1-9H,13H2;1H2. The van der Waals surface area contributed by atoms with Crippen LogP contribution in [0, 0.1) is 0 Å². The summed E-state index contributed by atoms with van der Waals surface area (Å²) in [5, 5.41) is 0. The first kappa shape index (κ1) is 19.8. The number of para-hydroxylation sites is 2. The van der Waals surface area contributed by atoms with E-state index in [-0.39, 0.29) is 5.48 Å². The molecule has 0 aliphatic heterocycles. The molecule has 0 amide bonds. The summed E-state index contributed by atoms with van der Waals surface area (Å²) in [6, 6.07) is 36.1. The van der Waals surface area contributed by atoms with Gasteiger partial charge in [-0.1, -0.05) is 97.1 Å². The second-order valence-corrected chi connectivity index (χ2v) is 5.91. The Morgan fingerprint density at radius 2 is 0.667 bits per heavy atom. The summed E-state index contributed by atoms with van der Waals surface area (Å²) in [6.07, 6.45) is 0. The molecule has 0 fully saturated rings. The van der Waals surface area contributed by atoms with Crippen LogP contribution >= 0.6 is 0 Å². The summed E-state index contributed by atoms with van der Waals surface area (Å²) in [7, 11) is 0. The van der Waals surface area contributed by atoms with Gasteiger partial charge in [0.2, 0.25) is 0 Å². The van der Waals surface area contributed by atoms with Crippen LogP contribution in [0.25, 0.3) is 22.3 Å². The fourth-order valence-electron chi connectivity index (χ4n) is 2.76. The Labute approximate surface area is 160 Å². The highest BCUT2D eigenvalue weighted by molar-refractivity contribution is 5.76. The molecule has 0 aliphatic rings. The van der Waals surface area contributed by atoms with Gasteiger partial charge in [-0.25, -0.2) is 0 Å². The summed E-state index contributed by atoms with van der Waals surface area (Å²) in [4.78, 5) is 0. The van der Waals surface area contributed by atoms with E-state index in [0.717, 1.165) is 22.5 Å². The van der Waals surface area contributed by atoms with Gasteiger partial charge in [0.1, 0.15) is 0 Å². The van der Waals surface area contributed by atoms with E-state index in [0.29, 0.717) is 0 Å². The van der Waals surface area contributed by atoms with Crippen molar-refractivity contribution in [2.24, 2.45) is 0 Å². The first-order valence-corrected chi connectivity index (χ1v) is 8.55. The average Bonchev–Trinajstić information content (AvgIpc) is 2.71. The molecule has 27 heavy (non-hydrogen) atoms. The van der Waals surface area contributed by atoms with E-state index in [9.17, 15) is 0 Å². The SMILES string of the molecule is Nc1ccccc1-c1ccccc1.Nc1ccccc1-c1ccccc1.O. The van der Waals surface area contributed by atoms with Crippen molar-refractivity contribution in [2.75, 3.05) is 11.5 Å². The molecule has 3 heteroatoms. The van der Waals surface area contributed by atoms with Crippen LogP contribution in [0.15, 0.2) is 109 Å². The van der Waals surface area contributed by atoms with E-state index in [1.54, 1.807) is 0 Å². The summed E-state index contributed by atoms with van der Waals surface area (Å²) >= 11 is 0. The van der Waals surface area contributed by atoms with E-state index >= 15 is 0 Å². The van der Waals surface area contributed by atoms with Crippen molar-refractivity contribution in [3.05, 3.63) is 109 Å². The largest absolute Gasteiger partial charge is 0.412 e. The fourth-order valence-corrected chi connectivity index (χ4v) is 2.76. The lowest BCUT2D eigenvalue weighted by Gasteiger charge is -2.03. The van der Waals surface area contributed by atoms with Gasteiger partial charge in [-0.05, 0) is 23.3 Å². The number of hydrogen-bond acceptors (Lipinski definition) is 2. The van der Waals surface area contributed by atoms with Gasteiger partial charge in [0.15, 0.2) is 0 Å². The highest BCUT2D eigenvalue weighted by atomic mass is 16.0. The number of anilines is 2. The lowest BCUT2D eigenvalue weighted by atomic mass is 10.0. The number of hydrogen-bond donors (Lipinski definition) is 2. The van der Waals surface area contributed by atoms with Crippen LogP contribution in [-0.2, 0) is 0 Å². The van der Waals surface area contributed by atoms with Crippen LogP contribution in [-0.4, -0.2) is 5.48 Å². The molecule has 0 radical (unpaired) electrons. The van der Waals surface area contributed by atoms with Crippen molar-refractivity contribution in [3.63, 3.8) is 0 Å². The molecule has 0 spiro atoms. The van der Waals surface area contributed by atoms with Gasteiger partial charge < -0.3 is 16.9 Å². The molecule has 4 aromatic carbocycles. The molecule has 4 rings (SSSR count). The van der Waals surface area contributed by atoms with E-state index in [1.807, 2.05) is 84.9 Å². The minimum Gasteiger partial charge on any atom is -0.412 e. The molecule has 3 nitrogen and oxygen atoms in total. The molecular formula is C24H24N2O. The van der Waals surface area contributed by atoms with E-state index < -0.39 is 0 Å². The molecule has 0 unspecified atom stereocenters. The zero-order valence-corrected chi connectivity index (χ0v) is 15.0. The number of rotatable bonds is 2. The van der Waals surface area contributed by atoms with Crippen LogP contribution in [0.2, 0.25) is 0 Å². The summed E-state index contributed by atoms with van der Waals surface area (Å²) in [5.74, 6) is 0. The minimum atomic E-state index is 0. The van der Waals surface area contributed by atoms with Gasteiger partial charge in [-0.15, -0.1) is 0 Å². The number of benzene rings is 4. The van der Waals surface area contributed by atoms with Gasteiger partial charge in [0.25, 0.3) is 0 Å². The molecule has 0 aromatic heterocycles. The smallest absolute Gasteiger partial charge is 0.0393 e. The van der Waals surface area contributed by atoms with Crippen LogP contribution in [0.1, 0.15) is 0 Å². The third-order valence-electron chi connectivity index (χ3n) is 4.09. The number of nitrogens with two attached hydrogens (primary N) is 2. The number of nitrogen functional groups attached to an aromatic ring is 2. The van der Waals surface area contributed by atoms with Crippen molar-refractivity contribution >= 4 is 11.4 Å². The van der Waals surface area contributed by atoms with Crippen LogP contribution in [0.4, 0.5) is 11.4 Å². The molecular weight excluding hydrogens is 332 g/mol. The Hall–Kier alpha value is -3.56. The van der Waals surface area contributed by atoms with Crippen LogP contribution in [0.5, 0.6) is 0 Å². The first-order valence-electron chi connectivity index (χ1n) is 8.55. The van der Waals surface area contributed by atoms with Gasteiger partial charge in [0.05, 0.1) is 0 Å². The average molecular weight is 356 g/mol. The second kappa shape index (κ2) is 9.80. The predicted octanol–water partition coefficient (Wildman–Crippen LogP) is 5.05. The highest BCUT2D eigenvalue weighted by Crippen LogP contribution is 2.25. The van der Waals surface area contributed by atoms with E-state index in [1.165, 1.54) is 11.1 Å². The Balaban J connectivity index is 0.000000187. The van der Waals surface area contributed by atoms with E-state index in [4.69, 9.17) is 11.5 Å². The maximum absolute atomic E-state index is 5.85. The molecule has 4 aromatic rings. The molecule has 0 heterocycles. The summed E-state index contributed by atoms with van der Waals surface area (Å²) in [5.41, 5.74) is 17.9. The van der Waals surface area contributed by atoms with Gasteiger partial charge in [0, 0.05) is 22.5 Å². The zero-order chi connectivity index (χ0) is 18.2. The Bertz CT molecular complexity index is 873. The highest BCUT2D eigenvalue weighted by Gasteiger charge is 1.99. The lowest BCUT2D eigenvalue weighted by molar-refractivity contribution is 0.824. The van der Waals surface area contributed by atoms with Crippen molar-refractivity contribution in [2.45, 2.75) is 0 Å². The van der Waals surface area contributed by atoms with Crippen LogP contribution in [0.3, 0.4) is 0 Å². The molecule has 136 valence electrons. The summed E-state index contributed by atoms with van der Waals surface area (Å²) < 4.78 is 0. The third kappa shape index (κ3) is 5.21. The Morgan fingerprint density at radius 1 is 0.370 bits per heavy atom. The maximum atomic E-state index is 5.85. The minimum absolute atomic E-state index is 0. The zero-order valence-electron chi connectivity index (χ0n) is 15.0. The molecule has 6 N–H and O–H groups in total. The van der Waals surface area contributed by atoms with Crippen molar-refractivity contribution in [1.29, 1.82) is 0 Å². The Morgan fingerprint density at radius 3 is 1.00 bits per heavy atom. The van der Waals surface area contributed by atoms with E-state index in [2.05, 4.69) is 24.3 Å². The first-order chi connectivity index (χ1) is 12.8. The monoisotopic (exact) mass is 356 g/mol.